The van der Waals surface area contributed by atoms with E-state index in [1.165, 1.54) is 5.56 Å². The molecule has 14 heavy (non-hydrogen) atoms. The van der Waals surface area contributed by atoms with Crippen molar-refractivity contribution in [1.82, 2.24) is 9.78 Å². The Morgan fingerprint density at radius 1 is 1.29 bits per heavy atom. The molecule has 1 aromatic heterocycles. The van der Waals surface area contributed by atoms with Gasteiger partial charge in [0.15, 0.2) is 5.82 Å². The van der Waals surface area contributed by atoms with Crippen LogP contribution < -0.4 is 5.73 Å². The van der Waals surface area contributed by atoms with Crippen LogP contribution in [0.4, 0.5) is 5.82 Å². The average Bonchev–Trinajstić information content (AvgIpc) is 2.46. The van der Waals surface area contributed by atoms with Gasteiger partial charge < -0.3 is 5.73 Å². The third-order valence-corrected chi connectivity index (χ3v) is 2.03. The fraction of sp³-hybridized carbons (Fsp3) is 0.364. The van der Waals surface area contributed by atoms with Crippen LogP contribution in [0.1, 0.15) is 19.4 Å². The van der Waals surface area contributed by atoms with Crippen LogP contribution in [0, 0.1) is 6.92 Å². The zero-order valence-electron chi connectivity index (χ0n) is 9.20. The zero-order chi connectivity index (χ0) is 10.7. The standard InChI is InChI=1S/C9H11N3.C2H6/c1-6-3-4-8-7(5-6)9(10)11-12(8)2;1-2/h3-5H,1-2H3,(H2,10,11);1-2H3. The number of aromatic nitrogens is 2. The summed E-state index contributed by atoms with van der Waals surface area (Å²) in [7, 11) is 1.90. The number of rotatable bonds is 0. The Balaban J connectivity index is 0.000000461. The topological polar surface area (TPSA) is 43.8 Å². The second-order valence-electron chi connectivity index (χ2n) is 3.03. The smallest absolute Gasteiger partial charge is 0.153 e. The molecule has 1 heterocycles. The Hall–Kier alpha value is -1.51. The molecule has 3 nitrogen and oxygen atoms in total. The number of fused-ring (bicyclic) bond motifs is 1. The lowest BCUT2D eigenvalue weighted by Crippen LogP contribution is -1.90. The van der Waals surface area contributed by atoms with E-state index >= 15 is 0 Å². The maximum Gasteiger partial charge on any atom is 0.153 e. The number of hydrogen-bond donors (Lipinski definition) is 1. The maximum atomic E-state index is 5.71. The Kier molecular flexibility index (Phi) is 3.12. The van der Waals surface area contributed by atoms with Gasteiger partial charge in [0.2, 0.25) is 0 Å². The van der Waals surface area contributed by atoms with Gasteiger partial charge in [0.1, 0.15) is 0 Å². The van der Waals surface area contributed by atoms with Crippen LogP contribution in [0.15, 0.2) is 18.2 Å². The van der Waals surface area contributed by atoms with Gasteiger partial charge in [-0.25, -0.2) is 0 Å². The molecule has 1 aromatic carbocycles. The predicted octanol–water partition coefficient (Wildman–Crippen LogP) is 2.49. The lowest BCUT2D eigenvalue weighted by atomic mass is 10.2. The summed E-state index contributed by atoms with van der Waals surface area (Å²) in [4.78, 5) is 0. The molecule has 0 aliphatic heterocycles. The lowest BCUT2D eigenvalue weighted by molar-refractivity contribution is 0.802. The van der Waals surface area contributed by atoms with Gasteiger partial charge >= 0.3 is 0 Å². The van der Waals surface area contributed by atoms with Crippen molar-refractivity contribution in [3.05, 3.63) is 23.8 Å². The van der Waals surface area contributed by atoms with E-state index in [4.69, 9.17) is 5.73 Å². The van der Waals surface area contributed by atoms with Crippen LogP contribution in [0.2, 0.25) is 0 Å². The van der Waals surface area contributed by atoms with E-state index in [9.17, 15) is 0 Å². The van der Waals surface area contributed by atoms with Crippen LogP contribution in [0.3, 0.4) is 0 Å². The van der Waals surface area contributed by atoms with Crippen molar-refractivity contribution in [2.75, 3.05) is 5.73 Å². The number of hydrogen-bond acceptors (Lipinski definition) is 2. The first-order valence-electron chi connectivity index (χ1n) is 4.87. The molecule has 2 rings (SSSR count). The Labute approximate surface area is 84.5 Å². The summed E-state index contributed by atoms with van der Waals surface area (Å²) < 4.78 is 1.80. The maximum absolute atomic E-state index is 5.71. The second-order valence-corrected chi connectivity index (χ2v) is 3.03. The Morgan fingerprint density at radius 3 is 2.57 bits per heavy atom. The molecule has 0 saturated carbocycles. The summed E-state index contributed by atoms with van der Waals surface area (Å²) in [6.45, 7) is 6.05. The van der Waals surface area contributed by atoms with E-state index in [0.717, 1.165) is 10.9 Å². The largest absolute Gasteiger partial charge is 0.382 e. The number of nitrogens with zero attached hydrogens (tertiary/aromatic N) is 2. The first kappa shape index (κ1) is 10.6. The van der Waals surface area contributed by atoms with Gasteiger partial charge in [0, 0.05) is 12.4 Å². The molecule has 76 valence electrons. The van der Waals surface area contributed by atoms with Gasteiger partial charge in [0.05, 0.1) is 5.52 Å². The fourth-order valence-corrected chi connectivity index (χ4v) is 1.41. The SMILES string of the molecule is CC.Cc1ccc2c(c1)c(N)nn2C. The molecule has 0 amide bonds. The number of nitrogens with two attached hydrogens (primary N) is 1. The van der Waals surface area contributed by atoms with Crippen molar-refractivity contribution >= 4 is 16.7 Å². The highest BCUT2D eigenvalue weighted by Crippen LogP contribution is 2.20. The summed E-state index contributed by atoms with van der Waals surface area (Å²) in [5.74, 6) is 0.608. The molecule has 2 N–H and O–H groups in total. The van der Waals surface area contributed by atoms with E-state index in [-0.39, 0.29) is 0 Å². The van der Waals surface area contributed by atoms with Crippen LogP contribution in [0.5, 0.6) is 0 Å². The molecule has 0 unspecified atom stereocenters. The quantitative estimate of drug-likeness (QED) is 0.695. The summed E-state index contributed by atoms with van der Waals surface area (Å²) in [5, 5.41) is 5.17. The van der Waals surface area contributed by atoms with E-state index in [0.29, 0.717) is 5.82 Å². The van der Waals surface area contributed by atoms with Gasteiger partial charge in [-0.3, -0.25) is 4.68 Å². The Bertz CT molecular complexity index is 429. The monoisotopic (exact) mass is 191 g/mol. The van der Waals surface area contributed by atoms with E-state index in [2.05, 4.69) is 17.2 Å². The van der Waals surface area contributed by atoms with E-state index in [1.807, 2.05) is 33.9 Å². The van der Waals surface area contributed by atoms with Crippen molar-refractivity contribution in [3.8, 4) is 0 Å². The first-order valence-corrected chi connectivity index (χ1v) is 4.87. The molecule has 2 aromatic rings. The van der Waals surface area contributed by atoms with Gasteiger partial charge in [-0.1, -0.05) is 25.5 Å². The van der Waals surface area contributed by atoms with Crippen molar-refractivity contribution in [2.45, 2.75) is 20.8 Å². The predicted molar refractivity (Wildman–Crippen MR) is 61.2 cm³/mol. The van der Waals surface area contributed by atoms with Gasteiger partial charge in [-0.2, -0.15) is 5.10 Å². The van der Waals surface area contributed by atoms with Gasteiger partial charge in [-0.15, -0.1) is 0 Å². The minimum atomic E-state index is 0.608. The fourth-order valence-electron chi connectivity index (χ4n) is 1.41. The molecule has 0 atom stereocenters. The highest BCUT2D eigenvalue weighted by atomic mass is 15.3. The highest BCUT2D eigenvalue weighted by molar-refractivity contribution is 5.89. The van der Waals surface area contributed by atoms with Crippen molar-refractivity contribution in [3.63, 3.8) is 0 Å². The van der Waals surface area contributed by atoms with E-state index < -0.39 is 0 Å². The molecule has 0 spiro atoms. The third-order valence-electron chi connectivity index (χ3n) is 2.03. The molecule has 0 radical (unpaired) electrons. The molecular weight excluding hydrogens is 174 g/mol. The molecule has 3 heteroatoms. The van der Waals surface area contributed by atoms with Gasteiger partial charge in [0.25, 0.3) is 0 Å². The van der Waals surface area contributed by atoms with Crippen molar-refractivity contribution in [2.24, 2.45) is 7.05 Å². The minimum absolute atomic E-state index is 0.608. The molecule has 0 aliphatic rings. The number of aryl methyl sites for hydroxylation is 2. The van der Waals surface area contributed by atoms with Gasteiger partial charge in [-0.05, 0) is 19.1 Å². The average molecular weight is 191 g/mol. The minimum Gasteiger partial charge on any atom is -0.382 e. The number of anilines is 1. The third kappa shape index (κ3) is 1.71. The molecule has 0 bridgehead atoms. The normalized spacial score (nSPS) is 9.71. The zero-order valence-corrected chi connectivity index (χ0v) is 9.20. The van der Waals surface area contributed by atoms with Crippen LogP contribution in [-0.4, -0.2) is 9.78 Å². The molecule has 0 fully saturated rings. The molecule has 0 aliphatic carbocycles. The summed E-state index contributed by atoms with van der Waals surface area (Å²) in [5.41, 5.74) is 8.01. The van der Waals surface area contributed by atoms with E-state index in [1.54, 1.807) is 4.68 Å². The molecular formula is C11H17N3. The van der Waals surface area contributed by atoms with Crippen LogP contribution in [-0.2, 0) is 7.05 Å². The van der Waals surface area contributed by atoms with Crippen LogP contribution in [0.25, 0.3) is 10.9 Å². The highest BCUT2D eigenvalue weighted by Gasteiger charge is 2.03. The van der Waals surface area contributed by atoms with Crippen molar-refractivity contribution in [1.29, 1.82) is 0 Å². The lowest BCUT2D eigenvalue weighted by Gasteiger charge is -1.94. The number of benzene rings is 1. The molecule has 0 saturated heterocycles. The summed E-state index contributed by atoms with van der Waals surface area (Å²) >= 11 is 0. The van der Waals surface area contributed by atoms with Crippen LogP contribution >= 0.6 is 0 Å². The van der Waals surface area contributed by atoms with Crippen molar-refractivity contribution < 1.29 is 0 Å². The summed E-state index contributed by atoms with van der Waals surface area (Å²) in [6, 6.07) is 6.15. The Morgan fingerprint density at radius 2 is 1.93 bits per heavy atom. The summed E-state index contributed by atoms with van der Waals surface area (Å²) in [6.07, 6.45) is 0. The first-order chi connectivity index (χ1) is 6.68. The second kappa shape index (κ2) is 4.13. The number of nitrogen functional groups attached to an aromatic ring is 1.